The third-order valence-electron chi connectivity index (χ3n) is 3.28. The van der Waals surface area contributed by atoms with Gasteiger partial charge >= 0.3 is 0 Å². The van der Waals surface area contributed by atoms with Gasteiger partial charge in [0.05, 0.1) is 25.1 Å². The van der Waals surface area contributed by atoms with Crippen LogP contribution in [0.2, 0.25) is 0 Å². The van der Waals surface area contributed by atoms with Crippen molar-refractivity contribution >= 4 is 0 Å². The molecule has 2 N–H and O–H groups in total. The summed E-state index contributed by atoms with van der Waals surface area (Å²) in [7, 11) is 1.92. The average molecular weight is 239 g/mol. The molecule has 0 saturated carbocycles. The predicted molar refractivity (Wildman–Crippen MR) is 64.5 cm³/mol. The molecule has 1 aromatic heterocycles. The average Bonchev–Trinajstić information content (AvgIpc) is 2.94. The first-order valence-corrected chi connectivity index (χ1v) is 6.22. The summed E-state index contributed by atoms with van der Waals surface area (Å²) in [4.78, 5) is 0. The van der Waals surface area contributed by atoms with E-state index < -0.39 is 6.10 Å². The molecule has 1 aliphatic rings. The van der Waals surface area contributed by atoms with Crippen molar-refractivity contribution in [2.45, 2.75) is 38.3 Å². The molecule has 1 fully saturated rings. The minimum atomic E-state index is -0.469. The van der Waals surface area contributed by atoms with Crippen molar-refractivity contribution < 1.29 is 9.84 Å². The van der Waals surface area contributed by atoms with Gasteiger partial charge in [-0.05, 0) is 25.3 Å². The van der Waals surface area contributed by atoms with Crippen LogP contribution in [0.1, 0.15) is 37.3 Å². The summed E-state index contributed by atoms with van der Waals surface area (Å²) in [6, 6.07) is 2.36. The fourth-order valence-electron chi connectivity index (χ4n) is 2.15. The first-order chi connectivity index (χ1) is 8.20. The van der Waals surface area contributed by atoms with Gasteiger partial charge in [-0.25, -0.2) is 0 Å². The zero-order valence-electron chi connectivity index (χ0n) is 10.5. The highest BCUT2D eigenvalue weighted by atomic mass is 16.5. The van der Waals surface area contributed by atoms with Crippen LogP contribution in [0.3, 0.4) is 0 Å². The van der Waals surface area contributed by atoms with Crippen LogP contribution in [-0.4, -0.2) is 34.3 Å². The summed E-state index contributed by atoms with van der Waals surface area (Å²) in [6.07, 6.45) is 2.11. The molecule has 5 heteroatoms. The topological polar surface area (TPSA) is 59.3 Å². The second kappa shape index (κ2) is 5.62. The van der Waals surface area contributed by atoms with Crippen LogP contribution in [0.25, 0.3) is 0 Å². The summed E-state index contributed by atoms with van der Waals surface area (Å²) in [5, 5.41) is 17.6. The Bertz CT molecular complexity index is 359. The van der Waals surface area contributed by atoms with Gasteiger partial charge < -0.3 is 9.84 Å². The Kier molecular flexibility index (Phi) is 4.15. The molecule has 1 aliphatic heterocycles. The maximum Gasteiger partial charge on any atom is 0.0979 e. The lowest BCUT2D eigenvalue weighted by molar-refractivity contribution is 0.151. The molecule has 17 heavy (non-hydrogen) atoms. The molecule has 2 rings (SSSR count). The van der Waals surface area contributed by atoms with Crippen molar-refractivity contribution in [1.82, 2.24) is 15.1 Å². The van der Waals surface area contributed by atoms with Gasteiger partial charge in [0.25, 0.3) is 0 Å². The Balaban J connectivity index is 1.87. The van der Waals surface area contributed by atoms with E-state index in [0.717, 1.165) is 37.3 Å². The van der Waals surface area contributed by atoms with Crippen molar-refractivity contribution in [1.29, 1.82) is 0 Å². The molecular weight excluding hydrogens is 218 g/mol. The normalized spacial score (nSPS) is 21.9. The fourth-order valence-corrected chi connectivity index (χ4v) is 2.15. The molecule has 0 amide bonds. The van der Waals surface area contributed by atoms with Gasteiger partial charge in [-0.15, -0.1) is 0 Å². The lowest BCUT2D eigenvalue weighted by atomic mass is 10.1. The molecule has 2 unspecified atom stereocenters. The quantitative estimate of drug-likeness (QED) is 0.796. The largest absolute Gasteiger partial charge is 0.387 e. The maximum atomic E-state index is 10.1. The van der Waals surface area contributed by atoms with E-state index in [1.165, 1.54) is 0 Å². The number of nitrogens with one attached hydrogen (secondary N) is 1. The van der Waals surface area contributed by atoms with Gasteiger partial charge in [-0.2, -0.15) is 5.10 Å². The predicted octanol–water partition coefficient (Wildman–Crippen LogP) is 0.742. The van der Waals surface area contributed by atoms with Gasteiger partial charge in [0, 0.05) is 18.8 Å². The number of aliphatic hydroxyl groups is 1. The van der Waals surface area contributed by atoms with Gasteiger partial charge in [0.2, 0.25) is 0 Å². The van der Waals surface area contributed by atoms with Crippen LogP contribution in [0, 0.1) is 0 Å². The molecule has 0 aliphatic carbocycles. The number of aliphatic hydroxyl groups excluding tert-OH is 1. The van der Waals surface area contributed by atoms with Crippen molar-refractivity contribution in [3.63, 3.8) is 0 Å². The highest BCUT2D eigenvalue weighted by Gasteiger charge is 2.18. The Hall–Kier alpha value is -0.910. The second-order valence-corrected chi connectivity index (χ2v) is 4.55. The van der Waals surface area contributed by atoms with Gasteiger partial charge in [-0.1, -0.05) is 6.92 Å². The molecule has 2 heterocycles. The smallest absolute Gasteiger partial charge is 0.0979 e. The van der Waals surface area contributed by atoms with Crippen LogP contribution >= 0.6 is 0 Å². The monoisotopic (exact) mass is 239 g/mol. The summed E-state index contributed by atoms with van der Waals surface area (Å²) >= 11 is 0. The molecule has 2 atom stereocenters. The Morgan fingerprint density at radius 2 is 2.53 bits per heavy atom. The summed E-state index contributed by atoms with van der Waals surface area (Å²) < 4.78 is 7.07. The first-order valence-electron chi connectivity index (χ1n) is 6.22. The van der Waals surface area contributed by atoms with Crippen molar-refractivity contribution in [3.05, 3.63) is 17.5 Å². The molecule has 1 aromatic rings. The van der Waals surface area contributed by atoms with Gasteiger partial charge in [-0.3, -0.25) is 10.00 Å². The van der Waals surface area contributed by atoms with E-state index in [0.29, 0.717) is 12.8 Å². The maximum absolute atomic E-state index is 10.1. The van der Waals surface area contributed by atoms with E-state index in [1.54, 1.807) is 0 Å². The summed E-state index contributed by atoms with van der Waals surface area (Å²) in [6.45, 7) is 3.46. The number of nitrogens with zero attached hydrogens (tertiary/aromatic N) is 2. The van der Waals surface area contributed by atoms with Crippen molar-refractivity contribution in [2.24, 2.45) is 7.05 Å². The molecule has 1 saturated heterocycles. The number of hydrogen-bond acceptors (Lipinski definition) is 4. The van der Waals surface area contributed by atoms with Crippen LogP contribution in [-0.2, 0) is 18.2 Å². The SMILES string of the molecule is CCc1cc(C(O)CCC2COCN2)nn1C. The zero-order chi connectivity index (χ0) is 12.3. The zero-order valence-corrected chi connectivity index (χ0v) is 10.5. The van der Waals surface area contributed by atoms with Gasteiger partial charge in [0.15, 0.2) is 0 Å². The Labute approximate surface area is 102 Å². The Morgan fingerprint density at radius 1 is 1.71 bits per heavy atom. The van der Waals surface area contributed by atoms with Gasteiger partial charge in [0.1, 0.15) is 0 Å². The number of rotatable bonds is 5. The number of ether oxygens (including phenoxy) is 1. The van der Waals surface area contributed by atoms with Crippen LogP contribution in [0.15, 0.2) is 6.07 Å². The third kappa shape index (κ3) is 3.06. The minimum absolute atomic E-state index is 0.374. The molecule has 0 radical (unpaired) electrons. The number of aryl methyl sites for hydroxylation is 2. The van der Waals surface area contributed by atoms with E-state index in [9.17, 15) is 5.11 Å². The first kappa shape index (κ1) is 12.5. The van der Waals surface area contributed by atoms with Crippen molar-refractivity contribution in [2.75, 3.05) is 13.3 Å². The van der Waals surface area contributed by atoms with E-state index in [-0.39, 0.29) is 0 Å². The molecule has 5 nitrogen and oxygen atoms in total. The molecule has 0 aromatic carbocycles. The minimum Gasteiger partial charge on any atom is -0.387 e. The molecule has 0 bridgehead atoms. The Morgan fingerprint density at radius 3 is 3.12 bits per heavy atom. The second-order valence-electron chi connectivity index (χ2n) is 4.55. The number of aromatic nitrogens is 2. The van der Waals surface area contributed by atoms with E-state index in [2.05, 4.69) is 17.3 Å². The van der Waals surface area contributed by atoms with E-state index >= 15 is 0 Å². The van der Waals surface area contributed by atoms with Crippen LogP contribution in [0.5, 0.6) is 0 Å². The molecule has 96 valence electrons. The summed E-state index contributed by atoms with van der Waals surface area (Å²) in [5.74, 6) is 0. The molecular formula is C12H21N3O2. The number of hydrogen-bond donors (Lipinski definition) is 2. The summed E-state index contributed by atoms with van der Waals surface area (Å²) in [5.41, 5.74) is 1.93. The standard InChI is InChI=1S/C12H21N3O2/c1-3-10-6-11(14-15(10)2)12(16)5-4-9-7-17-8-13-9/h6,9,12-13,16H,3-5,7-8H2,1-2H3. The van der Waals surface area contributed by atoms with E-state index in [1.807, 2.05) is 17.8 Å². The third-order valence-corrected chi connectivity index (χ3v) is 3.28. The van der Waals surface area contributed by atoms with E-state index in [4.69, 9.17) is 4.74 Å². The highest BCUT2D eigenvalue weighted by molar-refractivity contribution is 5.12. The lowest BCUT2D eigenvalue weighted by Crippen LogP contribution is -2.24. The van der Waals surface area contributed by atoms with Crippen molar-refractivity contribution in [3.8, 4) is 0 Å². The highest BCUT2D eigenvalue weighted by Crippen LogP contribution is 2.19. The lowest BCUT2D eigenvalue weighted by Gasteiger charge is -2.11. The van der Waals surface area contributed by atoms with Crippen LogP contribution in [0.4, 0.5) is 0 Å². The fraction of sp³-hybridized carbons (Fsp3) is 0.750. The molecule has 0 spiro atoms. The van der Waals surface area contributed by atoms with Crippen LogP contribution < -0.4 is 5.32 Å².